The van der Waals surface area contributed by atoms with Crippen LogP contribution in [-0.2, 0) is 27.8 Å². The zero-order valence-corrected chi connectivity index (χ0v) is 18.4. The molecule has 0 bridgehead atoms. The molecule has 0 spiro atoms. The van der Waals surface area contributed by atoms with Crippen molar-refractivity contribution in [2.75, 3.05) is 34.4 Å². The summed E-state index contributed by atoms with van der Waals surface area (Å²) in [7, 11) is 1.64. The third-order valence-electron chi connectivity index (χ3n) is 4.22. The molecule has 0 fully saturated rings. The second-order valence-electron chi connectivity index (χ2n) is 6.38. The van der Waals surface area contributed by atoms with E-state index in [4.69, 9.17) is 16.3 Å². The number of nitrogens with zero attached hydrogens (tertiary/aromatic N) is 2. The van der Waals surface area contributed by atoms with Crippen LogP contribution in [0.3, 0.4) is 0 Å². The third-order valence-corrected chi connectivity index (χ3v) is 6.07. The first kappa shape index (κ1) is 23.2. The Morgan fingerprint density at radius 1 is 1.17 bits per heavy atom. The van der Waals surface area contributed by atoms with Crippen molar-refractivity contribution in [3.8, 4) is 0 Å². The van der Waals surface area contributed by atoms with Gasteiger partial charge in [0.25, 0.3) is 0 Å². The first-order valence-electron chi connectivity index (χ1n) is 9.10. The minimum Gasteiger partial charge on any atom is -0.383 e. The molecule has 158 valence electrons. The zero-order chi connectivity index (χ0) is 21.3. The number of hydrogen-bond donors (Lipinski definition) is 2. The van der Waals surface area contributed by atoms with Crippen LogP contribution in [-0.4, -0.2) is 53.6 Å². The largest absolute Gasteiger partial charge is 0.383 e. The predicted octanol–water partition coefficient (Wildman–Crippen LogP) is 2.47. The van der Waals surface area contributed by atoms with Gasteiger partial charge in [-0.3, -0.25) is 4.99 Å². The standard InChI is InChI=1S/C20H27ClN4O3S/c1-22-20(25(2)15-17-6-4-5-7-19(17)21)23-14-16-8-10-18(11-9-16)29(26,27)24-12-13-28-3/h4-11,24H,12-15H2,1-3H3,(H,22,23). The van der Waals surface area contributed by atoms with E-state index in [1.807, 2.05) is 36.2 Å². The van der Waals surface area contributed by atoms with Crippen LogP contribution in [0.4, 0.5) is 0 Å². The van der Waals surface area contributed by atoms with Gasteiger partial charge in [-0.15, -0.1) is 0 Å². The molecule has 9 heteroatoms. The summed E-state index contributed by atoms with van der Waals surface area (Å²) in [4.78, 5) is 6.49. The Kier molecular flexibility index (Phi) is 8.91. The van der Waals surface area contributed by atoms with Crippen molar-refractivity contribution in [1.82, 2.24) is 14.9 Å². The van der Waals surface area contributed by atoms with Gasteiger partial charge >= 0.3 is 0 Å². The molecule has 0 saturated heterocycles. The summed E-state index contributed by atoms with van der Waals surface area (Å²) in [5, 5.41) is 3.99. The summed E-state index contributed by atoms with van der Waals surface area (Å²) in [6, 6.07) is 14.4. The van der Waals surface area contributed by atoms with E-state index in [0.717, 1.165) is 11.1 Å². The highest BCUT2D eigenvalue weighted by atomic mass is 35.5. The molecule has 0 aromatic heterocycles. The molecule has 2 rings (SSSR count). The molecule has 0 aliphatic heterocycles. The first-order valence-corrected chi connectivity index (χ1v) is 11.0. The molecule has 7 nitrogen and oxygen atoms in total. The lowest BCUT2D eigenvalue weighted by molar-refractivity contribution is 0.204. The van der Waals surface area contributed by atoms with Gasteiger partial charge < -0.3 is 15.0 Å². The Morgan fingerprint density at radius 2 is 1.86 bits per heavy atom. The van der Waals surface area contributed by atoms with Crippen molar-refractivity contribution in [2.45, 2.75) is 18.0 Å². The number of benzene rings is 2. The monoisotopic (exact) mass is 438 g/mol. The lowest BCUT2D eigenvalue weighted by Crippen LogP contribution is -2.38. The molecule has 29 heavy (non-hydrogen) atoms. The maximum absolute atomic E-state index is 12.2. The highest BCUT2D eigenvalue weighted by Crippen LogP contribution is 2.16. The molecule has 2 aromatic carbocycles. The Labute approximate surface area is 177 Å². The van der Waals surface area contributed by atoms with E-state index in [9.17, 15) is 8.42 Å². The molecule has 0 heterocycles. The van der Waals surface area contributed by atoms with Crippen LogP contribution in [0.2, 0.25) is 5.02 Å². The van der Waals surface area contributed by atoms with Crippen LogP contribution in [0.25, 0.3) is 0 Å². The fourth-order valence-corrected chi connectivity index (χ4v) is 3.88. The van der Waals surface area contributed by atoms with Gasteiger partial charge in [-0.2, -0.15) is 0 Å². The van der Waals surface area contributed by atoms with Gasteiger partial charge in [-0.05, 0) is 29.3 Å². The minimum atomic E-state index is -3.53. The lowest BCUT2D eigenvalue weighted by Gasteiger charge is -2.22. The van der Waals surface area contributed by atoms with E-state index < -0.39 is 10.0 Å². The summed E-state index contributed by atoms with van der Waals surface area (Å²) in [6.07, 6.45) is 0. The molecule has 0 atom stereocenters. The summed E-state index contributed by atoms with van der Waals surface area (Å²) in [5.74, 6) is 0.711. The van der Waals surface area contributed by atoms with Crippen molar-refractivity contribution in [1.29, 1.82) is 0 Å². The molecule has 0 radical (unpaired) electrons. The molecular weight excluding hydrogens is 412 g/mol. The number of guanidine groups is 1. The smallest absolute Gasteiger partial charge is 0.240 e. The quantitative estimate of drug-likeness (QED) is 0.357. The average Bonchev–Trinajstić information content (AvgIpc) is 2.70. The van der Waals surface area contributed by atoms with Crippen LogP contribution in [0.1, 0.15) is 11.1 Å². The van der Waals surface area contributed by atoms with Crippen LogP contribution in [0.15, 0.2) is 58.4 Å². The molecule has 0 saturated carbocycles. The van der Waals surface area contributed by atoms with Crippen molar-refractivity contribution in [3.05, 3.63) is 64.7 Å². The maximum atomic E-state index is 12.2. The van der Waals surface area contributed by atoms with Crippen molar-refractivity contribution >= 4 is 27.6 Å². The molecule has 0 aliphatic rings. The van der Waals surface area contributed by atoms with Gasteiger partial charge in [-0.25, -0.2) is 13.1 Å². The van der Waals surface area contributed by atoms with Crippen LogP contribution in [0, 0.1) is 0 Å². The van der Waals surface area contributed by atoms with Crippen molar-refractivity contribution in [2.24, 2.45) is 4.99 Å². The molecule has 0 unspecified atom stereocenters. The van der Waals surface area contributed by atoms with E-state index in [1.165, 1.54) is 7.11 Å². The van der Waals surface area contributed by atoms with Gasteiger partial charge in [0.05, 0.1) is 11.5 Å². The third kappa shape index (κ3) is 7.01. The van der Waals surface area contributed by atoms with E-state index >= 15 is 0 Å². The first-order chi connectivity index (χ1) is 13.9. The van der Waals surface area contributed by atoms with Gasteiger partial charge in [0.1, 0.15) is 0 Å². The number of halogens is 1. The van der Waals surface area contributed by atoms with Crippen molar-refractivity contribution < 1.29 is 13.2 Å². The van der Waals surface area contributed by atoms with Gasteiger partial charge in [0.15, 0.2) is 5.96 Å². The minimum absolute atomic E-state index is 0.220. The van der Waals surface area contributed by atoms with Crippen molar-refractivity contribution in [3.63, 3.8) is 0 Å². The van der Waals surface area contributed by atoms with Gasteiger partial charge in [0.2, 0.25) is 10.0 Å². The fourth-order valence-electron chi connectivity index (χ4n) is 2.67. The van der Waals surface area contributed by atoms with E-state index in [2.05, 4.69) is 15.0 Å². The van der Waals surface area contributed by atoms with Gasteiger partial charge in [-0.1, -0.05) is 41.9 Å². The molecular formula is C20H27ClN4O3S. The Hall–Kier alpha value is -2.13. The molecule has 2 aromatic rings. The molecule has 0 amide bonds. The van der Waals surface area contributed by atoms with Crippen LogP contribution in [0.5, 0.6) is 0 Å². The average molecular weight is 439 g/mol. The fraction of sp³-hybridized carbons (Fsp3) is 0.350. The topological polar surface area (TPSA) is 83.0 Å². The zero-order valence-electron chi connectivity index (χ0n) is 16.9. The molecule has 0 aliphatic carbocycles. The van der Waals surface area contributed by atoms with E-state index in [-0.39, 0.29) is 11.4 Å². The number of ether oxygens (including phenoxy) is 1. The van der Waals surface area contributed by atoms with E-state index in [1.54, 1.807) is 31.3 Å². The lowest BCUT2D eigenvalue weighted by atomic mass is 10.2. The normalized spacial score (nSPS) is 12.1. The Balaban J connectivity index is 1.95. The molecule has 2 N–H and O–H groups in total. The number of methoxy groups -OCH3 is 1. The Morgan fingerprint density at radius 3 is 2.48 bits per heavy atom. The van der Waals surface area contributed by atoms with Gasteiger partial charge in [0, 0.05) is 45.9 Å². The number of sulfonamides is 1. The highest BCUT2D eigenvalue weighted by Gasteiger charge is 2.13. The second kappa shape index (κ2) is 11.2. The highest BCUT2D eigenvalue weighted by molar-refractivity contribution is 7.89. The summed E-state index contributed by atoms with van der Waals surface area (Å²) in [6.45, 7) is 1.68. The second-order valence-corrected chi connectivity index (χ2v) is 8.56. The number of nitrogens with one attached hydrogen (secondary N) is 2. The predicted molar refractivity (Wildman–Crippen MR) is 117 cm³/mol. The number of rotatable bonds is 9. The van der Waals surface area contributed by atoms with E-state index in [0.29, 0.717) is 30.7 Å². The number of aliphatic imine (C=N–C) groups is 1. The summed E-state index contributed by atoms with van der Waals surface area (Å²) >= 11 is 6.23. The maximum Gasteiger partial charge on any atom is 0.240 e. The SMILES string of the molecule is CN=C(NCc1ccc(S(=O)(=O)NCCOC)cc1)N(C)Cc1ccccc1Cl. The summed E-state index contributed by atoms with van der Waals surface area (Å²) < 4.78 is 31.8. The number of hydrogen-bond acceptors (Lipinski definition) is 4. The Bertz CT molecular complexity index is 918. The van der Waals surface area contributed by atoms with Crippen LogP contribution >= 0.6 is 11.6 Å². The van der Waals surface area contributed by atoms with Crippen LogP contribution < -0.4 is 10.0 Å². The summed E-state index contributed by atoms with van der Waals surface area (Å²) in [5.41, 5.74) is 1.95.